The Hall–Kier alpha value is -3.94. The van der Waals surface area contributed by atoms with Gasteiger partial charge in [0.25, 0.3) is 0 Å². The van der Waals surface area contributed by atoms with Crippen LogP contribution < -0.4 is 20.3 Å². The van der Waals surface area contributed by atoms with Crippen molar-refractivity contribution >= 4 is 44.8 Å². The number of hydrogen-bond donors (Lipinski definition) is 3. The zero-order chi connectivity index (χ0) is 26.3. The van der Waals surface area contributed by atoms with E-state index in [9.17, 15) is 26.4 Å². The van der Waals surface area contributed by atoms with E-state index < -0.39 is 27.6 Å². The maximum Gasteiger partial charge on any atom is 0.421 e. The smallest absolute Gasteiger partial charge is 0.365 e. The van der Waals surface area contributed by atoms with Crippen LogP contribution in [0.1, 0.15) is 22.4 Å². The highest BCUT2D eigenvalue weighted by atomic mass is 32.2. The van der Waals surface area contributed by atoms with E-state index in [0.29, 0.717) is 34.5 Å². The van der Waals surface area contributed by atoms with Crippen LogP contribution >= 0.6 is 0 Å². The summed E-state index contributed by atoms with van der Waals surface area (Å²) in [6, 6.07) is 6.58. The first-order valence-corrected chi connectivity index (χ1v) is 12.4. The minimum absolute atomic E-state index is 0.0886. The fourth-order valence-electron chi connectivity index (χ4n) is 3.55. The number of aromatic nitrogens is 3. The third-order valence-corrected chi connectivity index (χ3v) is 6.69. The van der Waals surface area contributed by atoms with E-state index in [1.807, 2.05) is 0 Å². The van der Waals surface area contributed by atoms with Gasteiger partial charge >= 0.3 is 6.18 Å². The number of benzene rings is 1. The molecule has 0 spiro atoms. The zero-order valence-corrected chi connectivity index (χ0v) is 20.3. The summed E-state index contributed by atoms with van der Waals surface area (Å²) in [4.78, 5) is 23.5. The van der Waals surface area contributed by atoms with Crippen LogP contribution in [-0.2, 0) is 34.0 Å². The molecule has 1 aliphatic rings. The van der Waals surface area contributed by atoms with Gasteiger partial charge < -0.3 is 16.0 Å². The van der Waals surface area contributed by atoms with Gasteiger partial charge in [0.05, 0.1) is 24.1 Å². The molecule has 3 N–H and O–H groups in total. The van der Waals surface area contributed by atoms with Crippen LogP contribution in [0.25, 0.3) is 0 Å². The topological polar surface area (TPSA) is 129 Å². The van der Waals surface area contributed by atoms with E-state index in [1.165, 1.54) is 19.3 Å². The normalized spacial score (nSPS) is 13.2. The summed E-state index contributed by atoms with van der Waals surface area (Å²) in [6.45, 7) is 1.52. The SMILES string of the molecule is Cc1ncc(CNc2nc(Nc3ccc4c(c3)NC(=O)C4)ncc2C(F)(F)F)cc1N(C)S(C)(=O)=O. The number of carbonyl (C=O) groups excluding carboxylic acids is 1. The maximum atomic E-state index is 13.6. The average molecular weight is 522 g/mol. The fourth-order valence-corrected chi connectivity index (χ4v) is 4.09. The fraction of sp³-hybridized carbons (Fsp3) is 0.273. The first-order valence-electron chi connectivity index (χ1n) is 10.6. The van der Waals surface area contributed by atoms with Crippen molar-refractivity contribution < 1.29 is 26.4 Å². The Kier molecular flexibility index (Phi) is 6.47. The van der Waals surface area contributed by atoms with Crippen molar-refractivity contribution in [1.29, 1.82) is 0 Å². The van der Waals surface area contributed by atoms with Crippen molar-refractivity contribution in [2.75, 3.05) is 33.6 Å². The Morgan fingerprint density at radius 2 is 1.92 bits per heavy atom. The van der Waals surface area contributed by atoms with Crippen LogP contribution in [0.2, 0.25) is 0 Å². The molecule has 1 amide bonds. The van der Waals surface area contributed by atoms with Gasteiger partial charge in [-0.1, -0.05) is 6.07 Å². The van der Waals surface area contributed by atoms with E-state index in [4.69, 9.17) is 0 Å². The molecule has 0 unspecified atom stereocenters. The molecule has 2 aromatic heterocycles. The van der Waals surface area contributed by atoms with Crippen LogP contribution in [-0.4, -0.2) is 42.6 Å². The zero-order valence-electron chi connectivity index (χ0n) is 19.4. The van der Waals surface area contributed by atoms with Crippen molar-refractivity contribution in [1.82, 2.24) is 15.0 Å². The molecule has 10 nitrogen and oxygen atoms in total. The Morgan fingerprint density at radius 1 is 1.17 bits per heavy atom. The molecule has 0 saturated heterocycles. The number of fused-ring (bicyclic) bond motifs is 1. The van der Waals surface area contributed by atoms with Crippen LogP contribution in [0.15, 0.2) is 36.7 Å². The predicted octanol–water partition coefficient (Wildman–Crippen LogP) is 3.44. The van der Waals surface area contributed by atoms with E-state index in [-0.39, 0.29) is 24.8 Å². The summed E-state index contributed by atoms with van der Waals surface area (Å²) in [5, 5.41) is 8.21. The molecule has 0 fully saturated rings. The largest absolute Gasteiger partial charge is 0.421 e. The number of halogens is 3. The molecule has 1 aliphatic heterocycles. The van der Waals surface area contributed by atoms with Crippen LogP contribution in [0.4, 0.5) is 42.0 Å². The number of carbonyl (C=O) groups is 1. The van der Waals surface area contributed by atoms with Gasteiger partial charge in [-0.3, -0.25) is 14.1 Å². The van der Waals surface area contributed by atoms with Crippen LogP contribution in [0.5, 0.6) is 0 Å². The lowest BCUT2D eigenvalue weighted by Crippen LogP contribution is -2.26. The standard InChI is InChI=1S/C22H22F3N7O3S/c1-12-18(32(2)36(3,34)35)6-13(9-26-12)10-27-20-16(22(23,24)25)11-28-21(31-20)29-15-5-4-14-7-19(33)30-17(14)8-15/h4-6,8-9,11H,7,10H2,1-3H3,(H,30,33)(H2,27,28,29,31). The predicted molar refractivity (Wildman–Crippen MR) is 129 cm³/mol. The molecular formula is C22H22F3N7O3S. The van der Waals surface area contributed by atoms with Gasteiger partial charge in [0, 0.05) is 37.4 Å². The first-order chi connectivity index (χ1) is 16.8. The lowest BCUT2D eigenvalue weighted by atomic mass is 10.1. The third-order valence-electron chi connectivity index (χ3n) is 5.50. The second kappa shape index (κ2) is 9.26. The molecule has 0 aliphatic carbocycles. The molecule has 3 heterocycles. The molecule has 3 aromatic rings. The van der Waals surface area contributed by atoms with E-state index >= 15 is 0 Å². The van der Waals surface area contributed by atoms with Gasteiger partial charge in [0.1, 0.15) is 11.4 Å². The van der Waals surface area contributed by atoms with Gasteiger partial charge in [-0.15, -0.1) is 0 Å². The van der Waals surface area contributed by atoms with Crippen molar-refractivity contribution in [2.24, 2.45) is 0 Å². The first kappa shape index (κ1) is 25.2. The lowest BCUT2D eigenvalue weighted by Gasteiger charge is -2.19. The summed E-state index contributed by atoms with van der Waals surface area (Å²) < 4.78 is 65.7. The Labute approximate surface area is 205 Å². The summed E-state index contributed by atoms with van der Waals surface area (Å²) in [6.07, 6.45) is -1.31. The highest BCUT2D eigenvalue weighted by Gasteiger charge is 2.35. The van der Waals surface area contributed by atoms with Crippen LogP contribution in [0.3, 0.4) is 0 Å². The molecule has 0 radical (unpaired) electrons. The summed E-state index contributed by atoms with van der Waals surface area (Å²) in [5.41, 5.74) is 2.04. The van der Waals surface area contributed by atoms with Gasteiger partial charge in [-0.25, -0.2) is 13.4 Å². The number of anilines is 5. The number of sulfonamides is 1. The van der Waals surface area contributed by atoms with Gasteiger partial charge in [-0.05, 0) is 36.2 Å². The highest BCUT2D eigenvalue weighted by Crippen LogP contribution is 2.35. The minimum atomic E-state index is -4.72. The quantitative estimate of drug-likeness (QED) is 0.431. The number of aryl methyl sites for hydroxylation is 1. The highest BCUT2D eigenvalue weighted by molar-refractivity contribution is 7.92. The lowest BCUT2D eigenvalue weighted by molar-refractivity contribution is -0.137. The van der Waals surface area contributed by atoms with Crippen molar-refractivity contribution in [2.45, 2.75) is 26.1 Å². The molecule has 0 atom stereocenters. The monoisotopic (exact) mass is 521 g/mol. The molecule has 4 rings (SSSR count). The number of pyridine rings is 1. The summed E-state index contributed by atoms with van der Waals surface area (Å²) >= 11 is 0. The van der Waals surface area contributed by atoms with E-state index in [1.54, 1.807) is 25.1 Å². The molecule has 36 heavy (non-hydrogen) atoms. The van der Waals surface area contributed by atoms with E-state index in [2.05, 4.69) is 30.9 Å². The number of nitrogens with zero attached hydrogens (tertiary/aromatic N) is 4. The van der Waals surface area contributed by atoms with Gasteiger partial charge in [-0.2, -0.15) is 18.2 Å². The Bertz CT molecular complexity index is 1450. The van der Waals surface area contributed by atoms with Gasteiger partial charge in [0.15, 0.2) is 0 Å². The molecular weight excluding hydrogens is 499 g/mol. The Morgan fingerprint density at radius 3 is 2.61 bits per heavy atom. The minimum Gasteiger partial charge on any atom is -0.365 e. The molecule has 190 valence electrons. The molecule has 14 heteroatoms. The Balaban J connectivity index is 1.59. The summed E-state index contributed by atoms with van der Waals surface area (Å²) in [7, 11) is -2.19. The van der Waals surface area contributed by atoms with Crippen molar-refractivity contribution in [3.05, 3.63) is 59.0 Å². The second-order valence-electron chi connectivity index (χ2n) is 8.21. The number of alkyl halides is 3. The third kappa shape index (κ3) is 5.48. The number of rotatable bonds is 7. The van der Waals surface area contributed by atoms with E-state index in [0.717, 1.165) is 16.1 Å². The maximum absolute atomic E-state index is 13.6. The van der Waals surface area contributed by atoms with Crippen molar-refractivity contribution in [3.63, 3.8) is 0 Å². The molecule has 0 bridgehead atoms. The van der Waals surface area contributed by atoms with Crippen LogP contribution in [0, 0.1) is 6.92 Å². The summed E-state index contributed by atoms with van der Waals surface area (Å²) in [5.74, 6) is -0.696. The average Bonchev–Trinajstić information content (AvgIpc) is 3.16. The van der Waals surface area contributed by atoms with Gasteiger partial charge in [0.2, 0.25) is 21.9 Å². The second-order valence-corrected chi connectivity index (χ2v) is 10.2. The van der Waals surface area contributed by atoms with Crippen molar-refractivity contribution in [3.8, 4) is 0 Å². The molecule has 1 aromatic carbocycles. The molecule has 0 saturated carbocycles. The number of hydrogen-bond acceptors (Lipinski definition) is 8. The number of nitrogens with one attached hydrogen (secondary N) is 3. The number of amides is 1.